The van der Waals surface area contributed by atoms with Crippen molar-refractivity contribution in [3.63, 3.8) is 0 Å². The summed E-state index contributed by atoms with van der Waals surface area (Å²) in [6.07, 6.45) is -12.7. The second-order valence-electron chi connectivity index (χ2n) is 22.6. The maximum atomic E-state index is 15.8. The number of sulfonamides is 1. The van der Waals surface area contributed by atoms with Gasteiger partial charge in [-0.2, -0.15) is 49.6 Å². The number of benzene rings is 3. The molecule has 3 atom stereocenters. The third-order valence-electron chi connectivity index (χ3n) is 14.6. The molecule has 3 amide bonds. The summed E-state index contributed by atoms with van der Waals surface area (Å²) in [5, 5.41) is 10.3. The van der Waals surface area contributed by atoms with E-state index in [9.17, 15) is 86.3 Å². The Bertz CT molecular complexity index is 4370. The Kier molecular flexibility index (Phi) is 18.1. The van der Waals surface area contributed by atoms with Crippen LogP contribution >= 0.6 is 27.0 Å². The fourth-order valence-electron chi connectivity index (χ4n) is 10.6. The van der Waals surface area contributed by atoms with Crippen molar-refractivity contribution in [2.75, 3.05) is 23.1 Å². The lowest BCUT2D eigenvalue weighted by Gasteiger charge is -2.31. The van der Waals surface area contributed by atoms with Crippen LogP contribution in [0.3, 0.4) is 0 Å². The Labute approximate surface area is 509 Å². The first-order valence-electron chi connectivity index (χ1n) is 26.0. The lowest BCUT2D eigenvalue weighted by Crippen LogP contribution is -2.40. The van der Waals surface area contributed by atoms with Gasteiger partial charge in [0.2, 0.25) is 21.8 Å². The van der Waals surface area contributed by atoms with Crippen molar-refractivity contribution < 1.29 is 108 Å². The van der Waals surface area contributed by atoms with E-state index in [1.165, 1.54) is 34.6 Å². The van der Waals surface area contributed by atoms with E-state index < -0.39 is 210 Å². The molecule has 2 aliphatic carbocycles. The molecule has 0 saturated heterocycles. The number of hydrogen-bond acceptors (Lipinski definition) is 13. The molecular weight excluding hydrogens is 1320 g/mol. The Morgan fingerprint density at radius 3 is 2.09 bits per heavy atom. The van der Waals surface area contributed by atoms with Crippen LogP contribution < -0.4 is 19.5 Å². The number of carbonyl (C=O) groups is 3. The van der Waals surface area contributed by atoms with E-state index in [0.717, 1.165) is 54.8 Å². The smallest absolute Gasteiger partial charge is 0.404 e. The lowest BCUT2D eigenvalue weighted by atomic mass is 9.78. The van der Waals surface area contributed by atoms with Crippen LogP contribution in [-0.4, -0.2) is 108 Å². The Morgan fingerprint density at radius 2 is 1.52 bits per heavy atom. The molecule has 8 rings (SSSR count). The number of phosphoric acid groups is 1. The number of amides is 3. The highest BCUT2D eigenvalue weighted by Crippen LogP contribution is 2.68. The molecule has 6 N–H and O–H groups in total. The Hall–Kier alpha value is -6.95. The molecule has 486 valence electrons. The third kappa shape index (κ3) is 14.8. The van der Waals surface area contributed by atoms with Gasteiger partial charge < -0.3 is 24.9 Å². The summed E-state index contributed by atoms with van der Waals surface area (Å²) in [4.78, 5) is 85.2. The Morgan fingerprint density at radius 1 is 0.900 bits per heavy atom. The van der Waals surface area contributed by atoms with Gasteiger partial charge in [-0.3, -0.25) is 38.1 Å². The third-order valence-corrected chi connectivity index (χ3v) is 18.9. The van der Waals surface area contributed by atoms with E-state index in [1.54, 1.807) is 0 Å². The van der Waals surface area contributed by atoms with Gasteiger partial charge in [-0.25, -0.2) is 35.2 Å². The number of alkyl halides is 8. The number of rotatable bonds is 19. The highest BCUT2D eigenvalue weighted by atomic mass is 35.5. The van der Waals surface area contributed by atoms with Gasteiger partial charge in [0.05, 0.1) is 33.9 Å². The summed E-state index contributed by atoms with van der Waals surface area (Å²) in [5.74, 6) is -10.1. The summed E-state index contributed by atoms with van der Waals surface area (Å²) < 4.78 is 230. The van der Waals surface area contributed by atoms with Crippen LogP contribution in [0.5, 0.6) is 5.75 Å². The highest BCUT2D eigenvalue weighted by Gasteiger charge is 2.68. The zero-order chi connectivity index (χ0) is 67.4. The van der Waals surface area contributed by atoms with Crippen molar-refractivity contribution in [2.45, 2.75) is 107 Å². The van der Waals surface area contributed by atoms with E-state index in [0.29, 0.717) is 12.3 Å². The molecule has 0 radical (unpaired) electrons. The largest absolute Gasteiger partial charge is 0.524 e. The van der Waals surface area contributed by atoms with Gasteiger partial charge in [-0.1, -0.05) is 37.4 Å². The molecule has 0 bridgehead atoms. The van der Waals surface area contributed by atoms with Gasteiger partial charge in [0.25, 0.3) is 11.8 Å². The van der Waals surface area contributed by atoms with Crippen LogP contribution in [0.15, 0.2) is 54.6 Å². The molecule has 0 aliphatic heterocycles. The van der Waals surface area contributed by atoms with Crippen LogP contribution in [0.1, 0.15) is 108 Å². The van der Waals surface area contributed by atoms with Gasteiger partial charge in [0.1, 0.15) is 52.9 Å². The first-order chi connectivity index (χ1) is 41.0. The first-order valence-corrected chi connectivity index (χ1v) is 33.5. The zero-order valence-corrected chi connectivity index (χ0v) is 51.8. The number of aryl methyl sites for hydroxylation is 1. The fraction of sp³-hybridized carbons (Fsp3) is 0.396. The number of pyridine rings is 1. The predicted molar refractivity (Wildman–Crippen MR) is 301 cm³/mol. The van der Waals surface area contributed by atoms with Gasteiger partial charge >= 0.3 is 27.8 Å². The van der Waals surface area contributed by atoms with Crippen LogP contribution in [0.4, 0.5) is 49.7 Å². The quantitative estimate of drug-likeness (QED) is 0.0251. The molecule has 6 aromatic rings. The minimum Gasteiger partial charge on any atom is -0.404 e. The van der Waals surface area contributed by atoms with Crippen LogP contribution in [-0.2, 0) is 75.6 Å². The van der Waals surface area contributed by atoms with E-state index >= 15 is 17.6 Å². The average Bonchev–Trinajstić information content (AvgIpc) is 1.52. The molecule has 2 aliphatic rings. The number of nitrogens with one attached hydrogen (secondary N) is 2. The monoisotopic (exact) mass is 1370 g/mol. The van der Waals surface area contributed by atoms with Crippen molar-refractivity contribution in [3.8, 4) is 28.7 Å². The standard InChI is InChI=1S/C53H51ClF10N8O14P2S2/c1-25-14-27(48(75)65-24-87(76,77)78)18-37(86-88(79,80)81)42(25)49(2,3)21-39(74)72(90(7,84)85)47-41-35(54)11-10-32(44(41)71(69-47)23-51(57,58)59)31-9-8-30(12-13-50(4,5)89(6,82)83)66-43(31)36(17-26-15-28(55)19-29(56)16-26)67-38(73)22-70-46-40(45(68-70)53(62,63)64)33-20-34(33)52(46,60)61/h8-11,14-16,18-19,33-34,36H,17,20-24H2,1-7H3,(H,65,75)(H,67,73)(H2,76,77,78)(H2,79,80,81)/t33-,34?,36-/m0/s1. The van der Waals surface area contributed by atoms with Crippen LogP contribution in [0.25, 0.3) is 22.0 Å². The fourth-order valence-corrected chi connectivity index (χ4v) is 12.7. The van der Waals surface area contributed by atoms with E-state index in [-0.39, 0.29) is 42.5 Å². The van der Waals surface area contributed by atoms with Gasteiger partial charge in [0, 0.05) is 57.9 Å². The number of anilines is 1. The van der Waals surface area contributed by atoms with Gasteiger partial charge in [-0.05, 0) is 99.0 Å². The number of aromatic nitrogens is 5. The molecule has 1 unspecified atom stereocenters. The van der Waals surface area contributed by atoms with Crippen molar-refractivity contribution >= 4 is 81.3 Å². The van der Waals surface area contributed by atoms with Crippen molar-refractivity contribution in [1.29, 1.82) is 0 Å². The minimum absolute atomic E-state index is 0.0471. The molecule has 90 heavy (non-hydrogen) atoms. The summed E-state index contributed by atoms with van der Waals surface area (Å²) in [6, 6.07) is 5.99. The van der Waals surface area contributed by atoms with Crippen LogP contribution in [0.2, 0.25) is 5.02 Å². The van der Waals surface area contributed by atoms with Gasteiger partial charge in [0.15, 0.2) is 21.3 Å². The van der Waals surface area contributed by atoms with Crippen molar-refractivity contribution in [2.24, 2.45) is 5.92 Å². The molecule has 0 spiro atoms. The number of nitrogens with zero attached hydrogens (tertiary/aromatic N) is 6. The second-order valence-corrected chi connectivity index (χ2v) is 30.2. The number of carbonyl (C=O) groups excluding carboxylic acids is 3. The maximum Gasteiger partial charge on any atom is 0.524 e. The number of phosphoric ester groups is 1. The summed E-state index contributed by atoms with van der Waals surface area (Å²) >= 11 is 6.78. The average molecular weight is 1380 g/mol. The summed E-state index contributed by atoms with van der Waals surface area (Å²) in [6.45, 7) is 2.56. The van der Waals surface area contributed by atoms with Crippen molar-refractivity contribution in [1.82, 2.24) is 35.2 Å². The van der Waals surface area contributed by atoms with E-state index in [4.69, 9.17) is 16.1 Å². The first kappa shape index (κ1) is 68.9. The van der Waals surface area contributed by atoms with Gasteiger partial charge in [-0.15, -0.1) is 0 Å². The Balaban J connectivity index is 1.33. The molecular formula is C53H51ClF10N8O14P2S2. The molecule has 1 saturated carbocycles. The number of hydrogen-bond donors (Lipinski definition) is 6. The zero-order valence-electron chi connectivity index (χ0n) is 47.6. The van der Waals surface area contributed by atoms with E-state index in [2.05, 4.69) is 32.3 Å². The number of halogens is 11. The number of sulfone groups is 1. The summed E-state index contributed by atoms with van der Waals surface area (Å²) in [7, 11) is -19.6. The van der Waals surface area contributed by atoms with Crippen LogP contribution in [0, 0.1) is 36.3 Å². The highest BCUT2D eigenvalue weighted by molar-refractivity contribution is 7.93. The van der Waals surface area contributed by atoms with E-state index in [1.807, 2.05) is 5.32 Å². The topological polar surface area (TPSA) is 320 Å². The normalized spacial score (nSPS) is 16.4. The maximum absolute atomic E-state index is 15.8. The lowest BCUT2D eigenvalue weighted by molar-refractivity contribution is -0.143. The number of fused-ring (bicyclic) bond motifs is 4. The molecule has 3 heterocycles. The summed E-state index contributed by atoms with van der Waals surface area (Å²) in [5.41, 5.74) is -9.46. The minimum atomic E-state index is -5.60. The molecule has 37 heteroatoms. The SMILES string of the molecule is Cc1cc(C(=O)NCP(=O)(O)O)cc(OP(=O)(O)O)c1C(C)(C)CC(=O)N(c1nn(CC(F)(F)F)c2c(-c3ccc(C#CC(C)(C)S(C)(=O)=O)nc3[C@H](Cc3cc(F)cc(F)c3)NC(=O)Cn3nc(C(F)(F)F)c4c3C(F)(F)C3C[C@H]43)ccc(Cl)c12)S(C)(=O)=O. The van der Waals surface area contributed by atoms with Crippen molar-refractivity contribution in [3.05, 3.63) is 122 Å². The molecule has 22 nitrogen and oxygen atoms in total. The molecule has 3 aromatic heterocycles. The molecule has 1 fully saturated rings. The second kappa shape index (κ2) is 23.6. The predicted octanol–water partition coefficient (Wildman–Crippen LogP) is 8.60. The molecule has 3 aromatic carbocycles.